The van der Waals surface area contributed by atoms with Gasteiger partial charge >= 0.3 is 0 Å². The maximum Gasteiger partial charge on any atom is 0.241 e. The van der Waals surface area contributed by atoms with E-state index in [-0.39, 0.29) is 17.0 Å². The fourth-order valence-corrected chi connectivity index (χ4v) is 2.45. The van der Waals surface area contributed by atoms with Gasteiger partial charge in [-0.1, -0.05) is 19.1 Å². The molecule has 5 nitrogen and oxygen atoms in total. The van der Waals surface area contributed by atoms with Gasteiger partial charge in [-0.25, -0.2) is 13.1 Å². The average Bonchev–Trinajstić information content (AvgIpc) is 2.35. The molecule has 0 saturated carbocycles. The summed E-state index contributed by atoms with van der Waals surface area (Å²) in [5.41, 5.74) is 0.0889. The molecular formula is C11H14N2O3S. The van der Waals surface area contributed by atoms with Gasteiger partial charge in [0.1, 0.15) is 6.07 Å². The van der Waals surface area contributed by atoms with Gasteiger partial charge in [-0.3, -0.25) is 0 Å². The van der Waals surface area contributed by atoms with Crippen LogP contribution in [0, 0.1) is 11.3 Å². The van der Waals surface area contributed by atoms with Crippen LogP contribution in [0.3, 0.4) is 0 Å². The van der Waals surface area contributed by atoms with Gasteiger partial charge in [0.15, 0.2) is 0 Å². The van der Waals surface area contributed by atoms with Crippen molar-refractivity contribution < 1.29 is 13.5 Å². The Labute approximate surface area is 101 Å². The van der Waals surface area contributed by atoms with E-state index >= 15 is 0 Å². The van der Waals surface area contributed by atoms with Crippen molar-refractivity contribution in [3.8, 4) is 6.07 Å². The van der Waals surface area contributed by atoms with Crippen LogP contribution in [0.15, 0.2) is 29.2 Å². The van der Waals surface area contributed by atoms with Crippen LogP contribution in [0.5, 0.6) is 0 Å². The number of hydrogen-bond donors (Lipinski definition) is 2. The van der Waals surface area contributed by atoms with E-state index in [2.05, 4.69) is 4.72 Å². The third-order valence-electron chi connectivity index (χ3n) is 2.28. The number of rotatable bonds is 5. The molecule has 0 radical (unpaired) electrons. The molecule has 0 aliphatic rings. The molecule has 0 heterocycles. The Morgan fingerprint density at radius 3 is 2.71 bits per heavy atom. The van der Waals surface area contributed by atoms with Gasteiger partial charge in [0.05, 0.1) is 16.6 Å². The number of sulfonamides is 1. The lowest BCUT2D eigenvalue weighted by molar-refractivity contribution is 0.174. The summed E-state index contributed by atoms with van der Waals surface area (Å²) in [5.74, 6) is 0. The summed E-state index contributed by atoms with van der Waals surface area (Å²) >= 11 is 0. The van der Waals surface area contributed by atoms with Gasteiger partial charge in [0, 0.05) is 6.54 Å². The largest absolute Gasteiger partial charge is 0.392 e. The summed E-state index contributed by atoms with van der Waals surface area (Å²) in [6, 6.07) is 7.76. The lowest BCUT2D eigenvalue weighted by atomic mass is 10.2. The molecule has 6 heteroatoms. The Hall–Kier alpha value is -1.42. The third-order valence-corrected chi connectivity index (χ3v) is 3.76. The molecular weight excluding hydrogens is 240 g/mol. The standard InChI is InChI=1S/C11H14N2O3S/c1-2-10(14)8-13-17(15,16)11-6-4-3-5-9(11)7-12/h3-6,10,13-14H,2,8H2,1H3. The molecule has 0 aliphatic heterocycles. The zero-order valence-corrected chi connectivity index (χ0v) is 10.2. The van der Waals surface area contributed by atoms with Crippen molar-refractivity contribution in [3.05, 3.63) is 29.8 Å². The molecule has 17 heavy (non-hydrogen) atoms. The minimum Gasteiger partial charge on any atom is -0.392 e. The van der Waals surface area contributed by atoms with Gasteiger partial charge < -0.3 is 5.11 Å². The molecule has 0 fully saturated rings. The second-order valence-electron chi connectivity index (χ2n) is 3.52. The van der Waals surface area contributed by atoms with Gasteiger partial charge in [0.25, 0.3) is 0 Å². The molecule has 92 valence electrons. The summed E-state index contributed by atoms with van der Waals surface area (Å²) in [6.07, 6.45) is -0.262. The number of nitrogens with one attached hydrogen (secondary N) is 1. The predicted octanol–water partition coefficient (Wildman–Crippen LogP) is 0.607. The normalized spacial score (nSPS) is 13.0. The molecule has 2 N–H and O–H groups in total. The zero-order chi connectivity index (χ0) is 12.9. The van der Waals surface area contributed by atoms with E-state index in [4.69, 9.17) is 5.26 Å². The third kappa shape index (κ3) is 3.53. The SMILES string of the molecule is CCC(O)CNS(=O)(=O)c1ccccc1C#N. The number of hydrogen-bond acceptors (Lipinski definition) is 4. The molecule has 0 spiro atoms. The van der Waals surface area contributed by atoms with Crippen LogP contribution in [0.2, 0.25) is 0 Å². The highest BCUT2D eigenvalue weighted by molar-refractivity contribution is 7.89. The van der Waals surface area contributed by atoms with Crippen LogP contribution >= 0.6 is 0 Å². The summed E-state index contributed by atoms with van der Waals surface area (Å²) in [4.78, 5) is -0.0641. The van der Waals surface area contributed by atoms with E-state index in [1.807, 2.05) is 6.07 Å². The van der Waals surface area contributed by atoms with E-state index in [1.54, 1.807) is 19.1 Å². The summed E-state index contributed by atoms with van der Waals surface area (Å²) in [7, 11) is -3.74. The molecule has 0 amide bonds. The summed E-state index contributed by atoms with van der Waals surface area (Å²) in [5, 5.41) is 18.1. The van der Waals surface area contributed by atoms with E-state index in [0.29, 0.717) is 6.42 Å². The molecule has 1 aromatic rings. The first-order valence-electron chi connectivity index (χ1n) is 5.18. The van der Waals surface area contributed by atoms with E-state index < -0.39 is 16.1 Å². The Kier molecular flexibility index (Phi) is 4.63. The first-order chi connectivity index (χ1) is 8.01. The highest BCUT2D eigenvalue weighted by Crippen LogP contribution is 2.13. The average molecular weight is 254 g/mol. The Morgan fingerprint density at radius 1 is 1.47 bits per heavy atom. The fourth-order valence-electron chi connectivity index (χ4n) is 1.22. The Bertz CT molecular complexity index is 520. The monoisotopic (exact) mass is 254 g/mol. The number of aliphatic hydroxyl groups is 1. The Morgan fingerprint density at radius 2 is 2.12 bits per heavy atom. The van der Waals surface area contributed by atoms with E-state index in [0.717, 1.165) is 0 Å². The smallest absolute Gasteiger partial charge is 0.241 e. The fraction of sp³-hybridized carbons (Fsp3) is 0.364. The van der Waals surface area contributed by atoms with Crippen molar-refractivity contribution in [2.75, 3.05) is 6.54 Å². The van der Waals surface area contributed by atoms with Gasteiger partial charge in [-0.15, -0.1) is 0 Å². The minimum atomic E-state index is -3.74. The van der Waals surface area contributed by atoms with Crippen LogP contribution in [0.4, 0.5) is 0 Å². The minimum absolute atomic E-state index is 0.0569. The molecule has 0 saturated heterocycles. The van der Waals surface area contributed by atoms with Crippen LogP contribution in [0.25, 0.3) is 0 Å². The van der Waals surface area contributed by atoms with Crippen molar-refractivity contribution in [2.45, 2.75) is 24.3 Å². The number of benzene rings is 1. The first kappa shape index (κ1) is 13.6. The van der Waals surface area contributed by atoms with Crippen molar-refractivity contribution in [3.63, 3.8) is 0 Å². The maximum atomic E-state index is 11.9. The molecule has 1 unspecified atom stereocenters. The summed E-state index contributed by atoms with van der Waals surface area (Å²) in [6.45, 7) is 1.70. The van der Waals surface area contributed by atoms with Crippen LogP contribution in [-0.2, 0) is 10.0 Å². The first-order valence-corrected chi connectivity index (χ1v) is 6.66. The van der Waals surface area contributed by atoms with Crippen LogP contribution in [-0.4, -0.2) is 26.2 Å². The number of nitriles is 1. The summed E-state index contributed by atoms with van der Waals surface area (Å²) < 4.78 is 26.0. The quantitative estimate of drug-likeness (QED) is 0.805. The molecule has 0 bridgehead atoms. The number of aliphatic hydroxyl groups excluding tert-OH is 1. The van der Waals surface area contributed by atoms with Crippen LogP contribution in [0.1, 0.15) is 18.9 Å². The maximum absolute atomic E-state index is 11.9. The zero-order valence-electron chi connectivity index (χ0n) is 9.42. The Balaban J connectivity index is 2.95. The lowest BCUT2D eigenvalue weighted by Crippen LogP contribution is -2.32. The molecule has 0 aliphatic carbocycles. The molecule has 1 rings (SSSR count). The van der Waals surface area contributed by atoms with Crippen molar-refractivity contribution in [1.29, 1.82) is 5.26 Å². The molecule has 0 aromatic heterocycles. The molecule has 1 atom stereocenters. The number of nitrogens with zero attached hydrogens (tertiary/aromatic N) is 1. The molecule has 1 aromatic carbocycles. The predicted molar refractivity (Wildman–Crippen MR) is 62.6 cm³/mol. The highest BCUT2D eigenvalue weighted by atomic mass is 32.2. The van der Waals surface area contributed by atoms with Crippen molar-refractivity contribution in [2.24, 2.45) is 0 Å². The topological polar surface area (TPSA) is 90.2 Å². The van der Waals surface area contributed by atoms with Gasteiger partial charge in [-0.2, -0.15) is 5.26 Å². The second-order valence-corrected chi connectivity index (χ2v) is 5.26. The van der Waals surface area contributed by atoms with Crippen molar-refractivity contribution >= 4 is 10.0 Å². The van der Waals surface area contributed by atoms with E-state index in [1.165, 1.54) is 12.1 Å². The van der Waals surface area contributed by atoms with Gasteiger partial charge in [0.2, 0.25) is 10.0 Å². The highest BCUT2D eigenvalue weighted by Gasteiger charge is 2.18. The second kappa shape index (κ2) is 5.77. The van der Waals surface area contributed by atoms with Crippen LogP contribution < -0.4 is 4.72 Å². The lowest BCUT2D eigenvalue weighted by Gasteiger charge is -2.10. The van der Waals surface area contributed by atoms with Gasteiger partial charge in [-0.05, 0) is 18.6 Å². The van der Waals surface area contributed by atoms with Crippen molar-refractivity contribution in [1.82, 2.24) is 4.72 Å². The van der Waals surface area contributed by atoms with E-state index in [9.17, 15) is 13.5 Å².